The fraction of sp³-hybridized carbons (Fsp3) is 0.833. The van der Waals surface area contributed by atoms with Crippen LogP contribution >= 0.6 is 0 Å². The summed E-state index contributed by atoms with van der Waals surface area (Å²) in [4.78, 5) is 12.0. The molecule has 0 saturated heterocycles. The fourth-order valence-electron chi connectivity index (χ4n) is 2.38. The van der Waals surface area contributed by atoms with Crippen LogP contribution in [0.4, 0.5) is 0 Å². The van der Waals surface area contributed by atoms with Crippen molar-refractivity contribution in [2.24, 2.45) is 17.6 Å². The second kappa shape index (κ2) is 6.49. The quantitative estimate of drug-likeness (QED) is 0.734. The summed E-state index contributed by atoms with van der Waals surface area (Å²) >= 11 is 0. The van der Waals surface area contributed by atoms with Gasteiger partial charge in [0.05, 0.1) is 12.5 Å². The summed E-state index contributed by atoms with van der Waals surface area (Å²) in [5.41, 5.74) is 5.65. The molecule has 90 valence electrons. The SMILES string of the molecule is CCC(CC#N)NC(=O)C1CCCC1CN. The molecule has 3 atom stereocenters. The van der Waals surface area contributed by atoms with Crippen LogP contribution in [0.25, 0.3) is 0 Å². The van der Waals surface area contributed by atoms with Gasteiger partial charge in [-0.15, -0.1) is 0 Å². The summed E-state index contributed by atoms with van der Waals surface area (Å²) in [6.07, 6.45) is 4.29. The predicted molar refractivity (Wildman–Crippen MR) is 62.3 cm³/mol. The lowest BCUT2D eigenvalue weighted by atomic mass is 9.95. The highest BCUT2D eigenvalue weighted by Crippen LogP contribution is 2.31. The van der Waals surface area contributed by atoms with Gasteiger partial charge in [-0.1, -0.05) is 13.3 Å². The highest BCUT2D eigenvalue weighted by atomic mass is 16.2. The second-order valence-electron chi connectivity index (χ2n) is 4.51. The Kier molecular flexibility index (Phi) is 5.27. The van der Waals surface area contributed by atoms with Gasteiger partial charge in [0, 0.05) is 12.0 Å². The number of hydrogen-bond donors (Lipinski definition) is 2. The van der Waals surface area contributed by atoms with Crippen LogP contribution in [-0.4, -0.2) is 18.5 Å². The van der Waals surface area contributed by atoms with Gasteiger partial charge in [-0.25, -0.2) is 0 Å². The number of nitriles is 1. The normalized spacial score (nSPS) is 26.1. The molecule has 0 aromatic carbocycles. The van der Waals surface area contributed by atoms with Crippen molar-refractivity contribution >= 4 is 5.91 Å². The number of nitrogens with one attached hydrogen (secondary N) is 1. The van der Waals surface area contributed by atoms with E-state index in [-0.39, 0.29) is 17.9 Å². The van der Waals surface area contributed by atoms with E-state index < -0.39 is 0 Å². The molecule has 0 aromatic rings. The van der Waals surface area contributed by atoms with Crippen molar-refractivity contribution in [1.82, 2.24) is 5.32 Å². The first-order chi connectivity index (χ1) is 7.72. The minimum absolute atomic E-state index is 0.00322. The summed E-state index contributed by atoms with van der Waals surface area (Å²) in [5.74, 6) is 0.493. The Bertz CT molecular complexity index is 272. The number of rotatable bonds is 5. The van der Waals surface area contributed by atoms with Crippen LogP contribution in [0.3, 0.4) is 0 Å². The molecule has 4 nitrogen and oxygen atoms in total. The zero-order valence-electron chi connectivity index (χ0n) is 9.91. The molecule has 3 unspecified atom stereocenters. The van der Waals surface area contributed by atoms with Crippen molar-refractivity contribution < 1.29 is 4.79 Å². The van der Waals surface area contributed by atoms with Crippen molar-refractivity contribution in [3.63, 3.8) is 0 Å². The molecule has 16 heavy (non-hydrogen) atoms. The average Bonchev–Trinajstić information content (AvgIpc) is 2.76. The molecule has 1 aliphatic rings. The third-order valence-corrected chi connectivity index (χ3v) is 3.48. The Morgan fingerprint density at radius 1 is 1.62 bits per heavy atom. The number of nitrogens with zero attached hydrogens (tertiary/aromatic N) is 1. The van der Waals surface area contributed by atoms with Gasteiger partial charge in [-0.2, -0.15) is 5.26 Å². The highest BCUT2D eigenvalue weighted by molar-refractivity contribution is 5.79. The van der Waals surface area contributed by atoms with E-state index in [2.05, 4.69) is 11.4 Å². The zero-order valence-corrected chi connectivity index (χ0v) is 9.91. The van der Waals surface area contributed by atoms with Crippen LogP contribution in [0.15, 0.2) is 0 Å². The molecule has 3 N–H and O–H groups in total. The van der Waals surface area contributed by atoms with Crippen LogP contribution < -0.4 is 11.1 Å². The van der Waals surface area contributed by atoms with Crippen LogP contribution in [0.2, 0.25) is 0 Å². The Morgan fingerprint density at radius 3 is 2.94 bits per heavy atom. The maximum Gasteiger partial charge on any atom is 0.223 e. The summed E-state index contributed by atoms with van der Waals surface area (Å²) in [7, 11) is 0. The lowest BCUT2D eigenvalue weighted by Gasteiger charge is -2.21. The summed E-state index contributed by atoms with van der Waals surface area (Å²) in [6.45, 7) is 2.57. The van der Waals surface area contributed by atoms with E-state index in [0.29, 0.717) is 18.9 Å². The van der Waals surface area contributed by atoms with Crippen LogP contribution in [-0.2, 0) is 4.79 Å². The van der Waals surface area contributed by atoms with E-state index >= 15 is 0 Å². The molecular weight excluding hydrogens is 202 g/mol. The minimum atomic E-state index is -0.00322. The molecular formula is C12H21N3O. The molecule has 1 saturated carbocycles. The van der Waals surface area contributed by atoms with Crippen molar-refractivity contribution in [1.29, 1.82) is 5.26 Å². The van der Waals surface area contributed by atoms with Crippen molar-refractivity contribution in [2.45, 2.75) is 45.1 Å². The predicted octanol–water partition coefficient (Wildman–Crippen LogP) is 1.17. The summed E-state index contributed by atoms with van der Waals surface area (Å²) in [5, 5.41) is 11.6. The number of hydrogen-bond acceptors (Lipinski definition) is 3. The topological polar surface area (TPSA) is 78.9 Å². The van der Waals surface area contributed by atoms with Crippen LogP contribution in [0.1, 0.15) is 39.0 Å². The second-order valence-corrected chi connectivity index (χ2v) is 4.51. The minimum Gasteiger partial charge on any atom is -0.352 e. The lowest BCUT2D eigenvalue weighted by molar-refractivity contribution is -0.126. The van der Waals surface area contributed by atoms with Gasteiger partial charge in [0.2, 0.25) is 5.91 Å². The first-order valence-corrected chi connectivity index (χ1v) is 6.10. The summed E-state index contributed by atoms with van der Waals surface area (Å²) < 4.78 is 0. The Balaban J connectivity index is 2.47. The van der Waals surface area contributed by atoms with Crippen LogP contribution in [0.5, 0.6) is 0 Å². The number of nitrogens with two attached hydrogens (primary N) is 1. The standard InChI is InChI=1S/C12H21N3O/c1-2-10(6-7-13)15-12(16)11-5-3-4-9(11)8-14/h9-11H,2-6,8,14H2,1H3,(H,15,16). The molecule has 1 amide bonds. The maximum absolute atomic E-state index is 12.0. The Morgan fingerprint density at radius 2 is 2.38 bits per heavy atom. The van der Waals surface area contributed by atoms with Gasteiger partial charge in [-0.05, 0) is 31.7 Å². The van der Waals surface area contributed by atoms with E-state index in [9.17, 15) is 4.79 Å². The number of carbonyl (C=O) groups excluding carboxylic acids is 1. The lowest BCUT2D eigenvalue weighted by Crippen LogP contribution is -2.40. The van der Waals surface area contributed by atoms with Gasteiger partial charge >= 0.3 is 0 Å². The Hall–Kier alpha value is -1.08. The van der Waals surface area contributed by atoms with E-state index in [1.165, 1.54) is 0 Å². The van der Waals surface area contributed by atoms with Crippen molar-refractivity contribution in [2.75, 3.05) is 6.54 Å². The first-order valence-electron chi connectivity index (χ1n) is 6.10. The van der Waals surface area contributed by atoms with E-state index in [1.807, 2.05) is 6.92 Å². The molecule has 1 aliphatic carbocycles. The molecule has 1 rings (SSSR count). The molecule has 0 aromatic heterocycles. The fourth-order valence-corrected chi connectivity index (χ4v) is 2.38. The molecule has 0 radical (unpaired) electrons. The van der Waals surface area contributed by atoms with E-state index in [0.717, 1.165) is 25.7 Å². The molecule has 1 fully saturated rings. The molecule has 0 bridgehead atoms. The smallest absolute Gasteiger partial charge is 0.223 e. The molecule has 0 heterocycles. The zero-order chi connectivity index (χ0) is 12.0. The van der Waals surface area contributed by atoms with Crippen LogP contribution in [0, 0.1) is 23.2 Å². The monoisotopic (exact) mass is 223 g/mol. The molecule has 0 spiro atoms. The third-order valence-electron chi connectivity index (χ3n) is 3.48. The van der Waals surface area contributed by atoms with Gasteiger partial charge < -0.3 is 11.1 Å². The molecule has 0 aliphatic heterocycles. The Labute approximate surface area is 97.2 Å². The van der Waals surface area contributed by atoms with E-state index in [1.54, 1.807) is 0 Å². The van der Waals surface area contributed by atoms with Gasteiger partial charge in [0.25, 0.3) is 0 Å². The average molecular weight is 223 g/mol. The number of carbonyl (C=O) groups is 1. The van der Waals surface area contributed by atoms with E-state index in [4.69, 9.17) is 11.0 Å². The van der Waals surface area contributed by atoms with Crippen molar-refractivity contribution in [3.8, 4) is 6.07 Å². The van der Waals surface area contributed by atoms with Crippen molar-refractivity contribution in [3.05, 3.63) is 0 Å². The third kappa shape index (κ3) is 3.21. The van der Waals surface area contributed by atoms with Gasteiger partial charge in [0.1, 0.15) is 0 Å². The van der Waals surface area contributed by atoms with Gasteiger partial charge in [-0.3, -0.25) is 4.79 Å². The summed E-state index contributed by atoms with van der Waals surface area (Å²) in [6, 6.07) is 2.10. The first kappa shape index (κ1) is 13.0. The largest absolute Gasteiger partial charge is 0.352 e. The number of amides is 1. The highest BCUT2D eigenvalue weighted by Gasteiger charge is 2.32. The molecule has 4 heteroatoms. The van der Waals surface area contributed by atoms with Gasteiger partial charge in [0.15, 0.2) is 0 Å². The maximum atomic E-state index is 12.0.